The number of urea groups is 1. The molecule has 3 aliphatic rings. The predicted molar refractivity (Wildman–Crippen MR) is 102 cm³/mol. The summed E-state index contributed by atoms with van der Waals surface area (Å²) >= 11 is 6.11. The Kier molecular flexibility index (Phi) is 4.47. The van der Waals surface area contributed by atoms with Crippen molar-refractivity contribution in [2.24, 2.45) is 5.41 Å². The predicted octanol–water partition coefficient (Wildman–Crippen LogP) is 2.98. The summed E-state index contributed by atoms with van der Waals surface area (Å²) in [7, 11) is -2.94. The van der Waals surface area contributed by atoms with Gasteiger partial charge in [-0.05, 0) is 49.8 Å². The summed E-state index contributed by atoms with van der Waals surface area (Å²) in [6.45, 7) is 1.87. The highest BCUT2D eigenvalue weighted by Gasteiger charge is 2.47. The van der Waals surface area contributed by atoms with Crippen LogP contribution in [0.3, 0.4) is 0 Å². The lowest BCUT2D eigenvalue weighted by atomic mass is 9.80. The minimum Gasteiger partial charge on any atom is -0.337 e. The van der Waals surface area contributed by atoms with Gasteiger partial charge in [-0.25, -0.2) is 13.2 Å². The first-order valence-corrected chi connectivity index (χ1v) is 11.5. The van der Waals surface area contributed by atoms with Gasteiger partial charge in [0.25, 0.3) is 0 Å². The number of hydrogen-bond donors (Lipinski definition) is 1. The van der Waals surface area contributed by atoms with E-state index in [-0.39, 0.29) is 28.4 Å². The van der Waals surface area contributed by atoms with Gasteiger partial charge in [0, 0.05) is 35.5 Å². The zero-order valence-electron chi connectivity index (χ0n) is 14.8. The number of carbonyl (C=O) groups excluding carboxylic acids is 1. The van der Waals surface area contributed by atoms with Gasteiger partial charge in [0.2, 0.25) is 0 Å². The summed E-state index contributed by atoms with van der Waals surface area (Å²) in [4.78, 5) is 14.5. The van der Waals surface area contributed by atoms with Gasteiger partial charge < -0.3 is 10.2 Å². The van der Waals surface area contributed by atoms with Gasteiger partial charge in [0.15, 0.2) is 9.84 Å². The van der Waals surface area contributed by atoms with Crippen LogP contribution >= 0.6 is 11.6 Å². The largest absolute Gasteiger partial charge is 0.337 e. The van der Waals surface area contributed by atoms with E-state index in [1.807, 2.05) is 23.1 Å². The third-order valence-corrected chi connectivity index (χ3v) is 8.40. The second-order valence-electron chi connectivity index (χ2n) is 8.32. The molecule has 2 aliphatic heterocycles. The number of halogens is 1. The average Bonchev–Trinajstić information content (AvgIpc) is 3.34. The molecule has 1 aliphatic carbocycles. The number of piperidine rings is 1. The van der Waals surface area contributed by atoms with Crippen LogP contribution in [0.1, 0.15) is 37.7 Å². The number of nitrogens with zero attached hydrogens (tertiary/aromatic N) is 1. The Morgan fingerprint density at radius 3 is 2.69 bits per heavy atom. The average molecular weight is 397 g/mol. The zero-order valence-corrected chi connectivity index (χ0v) is 16.4. The lowest BCUT2D eigenvalue weighted by molar-refractivity contribution is 0.121. The van der Waals surface area contributed by atoms with Crippen molar-refractivity contribution in [3.05, 3.63) is 34.9 Å². The lowest BCUT2D eigenvalue weighted by Crippen LogP contribution is -2.51. The summed E-state index contributed by atoms with van der Waals surface area (Å²) in [5.74, 6) is 0.497. The van der Waals surface area contributed by atoms with Gasteiger partial charge in [-0.1, -0.05) is 23.7 Å². The number of benzene rings is 1. The standard InChI is InChI=1S/C19H25ClN2O3S/c20-16-4-1-3-15(11-16)19(6-7-19)12-21-17(23)22-9-2-5-18(13-22)8-10-26(24,25)14-18/h1,3-4,11H,2,5-10,12-14H2,(H,21,23)/t18-/m0/s1. The molecule has 1 spiro atoms. The molecule has 2 amide bonds. The molecular weight excluding hydrogens is 372 g/mol. The second kappa shape index (κ2) is 6.41. The van der Waals surface area contributed by atoms with Gasteiger partial charge in [0.05, 0.1) is 11.5 Å². The Morgan fingerprint density at radius 2 is 2.04 bits per heavy atom. The third kappa shape index (κ3) is 3.58. The molecular formula is C19H25ClN2O3S. The van der Waals surface area contributed by atoms with Crippen LogP contribution in [0.2, 0.25) is 5.02 Å². The minimum absolute atomic E-state index is 0.00469. The van der Waals surface area contributed by atoms with E-state index >= 15 is 0 Å². The molecule has 5 nitrogen and oxygen atoms in total. The summed E-state index contributed by atoms with van der Waals surface area (Å²) in [6, 6.07) is 7.81. The van der Waals surface area contributed by atoms with Crippen molar-refractivity contribution in [3.63, 3.8) is 0 Å². The smallest absolute Gasteiger partial charge is 0.317 e. The van der Waals surface area contributed by atoms with Gasteiger partial charge >= 0.3 is 6.03 Å². The third-order valence-electron chi connectivity index (χ3n) is 6.29. The van der Waals surface area contributed by atoms with E-state index in [1.165, 1.54) is 5.56 Å². The van der Waals surface area contributed by atoms with Crippen molar-refractivity contribution in [3.8, 4) is 0 Å². The summed E-state index contributed by atoms with van der Waals surface area (Å²) in [6.07, 6.45) is 4.57. The van der Waals surface area contributed by atoms with Crippen molar-refractivity contribution in [1.29, 1.82) is 0 Å². The molecule has 1 saturated carbocycles. The number of amides is 2. The highest BCUT2D eigenvalue weighted by molar-refractivity contribution is 7.91. The summed E-state index contributed by atoms with van der Waals surface area (Å²) < 4.78 is 23.8. The topological polar surface area (TPSA) is 66.5 Å². The molecule has 3 fully saturated rings. The van der Waals surface area contributed by atoms with Crippen molar-refractivity contribution in [2.75, 3.05) is 31.1 Å². The van der Waals surface area contributed by atoms with Gasteiger partial charge in [-0.15, -0.1) is 0 Å². The molecule has 142 valence electrons. The first-order chi connectivity index (χ1) is 12.3. The van der Waals surface area contributed by atoms with Crippen LogP contribution < -0.4 is 5.32 Å². The van der Waals surface area contributed by atoms with Gasteiger partial charge in [-0.3, -0.25) is 0 Å². The minimum atomic E-state index is -2.94. The maximum absolute atomic E-state index is 12.7. The monoisotopic (exact) mass is 396 g/mol. The summed E-state index contributed by atoms with van der Waals surface area (Å²) in [5, 5.41) is 3.82. The fraction of sp³-hybridized carbons (Fsp3) is 0.632. The Morgan fingerprint density at radius 1 is 1.23 bits per heavy atom. The van der Waals surface area contributed by atoms with E-state index < -0.39 is 9.84 Å². The van der Waals surface area contributed by atoms with Gasteiger partial charge in [0.1, 0.15) is 0 Å². The molecule has 1 aromatic rings. The van der Waals surface area contributed by atoms with Crippen molar-refractivity contribution >= 4 is 27.5 Å². The Balaban J connectivity index is 1.38. The number of hydrogen-bond acceptors (Lipinski definition) is 3. The molecule has 7 heteroatoms. The van der Waals surface area contributed by atoms with E-state index in [1.54, 1.807) is 0 Å². The van der Waals surface area contributed by atoms with E-state index in [0.29, 0.717) is 26.1 Å². The van der Waals surface area contributed by atoms with Crippen LogP contribution in [0, 0.1) is 5.41 Å². The normalized spacial score (nSPS) is 28.9. The van der Waals surface area contributed by atoms with E-state index in [2.05, 4.69) is 11.4 Å². The number of carbonyl (C=O) groups is 1. The maximum atomic E-state index is 12.7. The SMILES string of the molecule is O=C(NCC1(c2cccc(Cl)c2)CC1)N1CCC[C@]2(CCS(=O)(=O)C2)C1. The van der Waals surface area contributed by atoms with E-state index in [9.17, 15) is 13.2 Å². The number of rotatable bonds is 3. The van der Waals surface area contributed by atoms with Crippen molar-refractivity contribution < 1.29 is 13.2 Å². The number of likely N-dealkylation sites (tertiary alicyclic amines) is 1. The van der Waals surface area contributed by atoms with Crippen LogP contribution in [0.25, 0.3) is 0 Å². The molecule has 2 heterocycles. The second-order valence-corrected chi connectivity index (χ2v) is 10.9. The lowest BCUT2D eigenvalue weighted by Gasteiger charge is -2.39. The van der Waals surface area contributed by atoms with Crippen LogP contribution in [0.4, 0.5) is 4.79 Å². The summed E-state index contributed by atoms with van der Waals surface area (Å²) in [5.41, 5.74) is 0.964. The Labute approximate surface area is 160 Å². The highest BCUT2D eigenvalue weighted by Crippen LogP contribution is 2.48. The molecule has 0 unspecified atom stereocenters. The van der Waals surface area contributed by atoms with Crippen LogP contribution in [0.15, 0.2) is 24.3 Å². The molecule has 1 N–H and O–H groups in total. The van der Waals surface area contributed by atoms with Crippen molar-refractivity contribution in [2.45, 2.75) is 37.5 Å². The fourth-order valence-corrected chi connectivity index (χ4v) is 6.97. The fourth-order valence-electron chi connectivity index (χ4n) is 4.58. The van der Waals surface area contributed by atoms with Crippen LogP contribution in [-0.2, 0) is 15.3 Å². The molecule has 0 bridgehead atoms. The molecule has 0 radical (unpaired) electrons. The number of sulfone groups is 1. The first-order valence-electron chi connectivity index (χ1n) is 9.31. The molecule has 26 heavy (non-hydrogen) atoms. The Hall–Kier alpha value is -1.27. The maximum Gasteiger partial charge on any atom is 0.317 e. The molecule has 2 saturated heterocycles. The molecule has 1 atom stereocenters. The zero-order chi connectivity index (χ0) is 18.4. The highest BCUT2D eigenvalue weighted by atomic mass is 35.5. The quantitative estimate of drug-likeness (QED) is 0.854. The van der Waals surface area contributed by atoms with E-state index in [4.69, 9.17) is 11.6 Å². The van der Waals surface area contributed by atoms with E-state index in [0.717, 1.165) is 30.7 Å². The number of nitrogens with one attached hydrogen (secondary N) is 1. The molecule has 4 rings (SSSR count). The molecule has 0 aromatic heterocycles. The van der Waals surface area contributed by atoms with Gasteiger partial charge in [-0.2, -0.15) is 0 Å². The van der Waals surface area contributed by atoms with Crippen molar-refractivity contribution in [1.82, 2.24) is 10.2 Å². The van der Waals surface area contributed by atoms with Crippen LogP contribution in [-0.4, -0.2) is 50.5 Å². The van der Waals surface area contributed by atoms with Crippen LogP contribution in [0.5, 0.6) is 0 Å². The Bertz CT molecular complexity index is 822. The molecule has 1 aromatic carbocycles. The first kappa shape index (κ1) is 18.1.